The van der Waals surface area contributed by atoms with Gasteiger partial charge in [-0.2, -0.15) is 0 Å². The summed E-state index contributed by atoms with van der Waals surface area (Å²) in [5.74, 6) is -0.0486. The van der Waals surface area contributed by atoms with Crippen molar-refractivity contribution < 1.29 is 8.42 Å². The van der Waals surface area contributed by atoms with Crippen molar-refractivity contribution in [2.24, 2.45) is 11.1 Å². The molecule has 1 aliphatic rings. The number of primary sulfonamides is 1. The lowest BCUT2D eigenvalue weighted by Gasteiger charge is -2.34. The molecule has 1 rings (SSSR count). The van der Waals surface area contributed by atoms with E-state index in [1.807, 2.05) is 19.9 Å². The van der Waals surface area contributed by atoms with Gasteiger partial charge in [0.2, 0.25) is 10.0 Å². The van der Waals surface area contributed by atoms with Gasteiger partial charge in [-0.3, -0.25) is 0 Å². The molecular weight excluding hydrogens is 198 g/mol. The van der Waals surface area contributed by atoms with Crippen LogP contribution in [0.2, 0.25) is 0 Å². The summed E-state index contributed by atoms with van der Waals surface area (Å²) in [6.45, 7) is 5.60. The molecule has 0 heterocycles. The number of nitrogens with two attached hydrogens (primary N) is 1. The Bertz CT molecular complexity index is 381. The molecule has 2 atom stereocenters. The molecule has 0 saturated heterocycles. The number of rotatable bonds is 2. The second-order valence-electron chi connectivity index (χ2n) is 3.90. The smallest absolute Gasteiger partial charge is 0.218 e. The van der Waals surface area contributed by atoms with E-state index in [4.69, 9.17) is 5.14 Å². The van der Waals surface area contributed by atoms with Crippen LogP contribution in [-0.2, 0) is 10.0 Å². The molecule has 0 radical (unpaired) electrons. The molecule has 0 amide bonds. The van der Waals surface area contributed by atoms with Crippen LogP contribution < -0.4 is 5.14 Å². The molecule has 4 heteroatoms. The zero-order valence-electron chi connectivity index (χ0n) is 8.82. The lowest BCUT2D eigenvalue weighted by molar-refractivity contribution is 0.492. The average molecular weight is 215 g/mol. The first-order chi connectivity index (χ1) is 6.33. The van der Waals surface area contributed by atoms with Gasteiger partial charge in [0.25, 0.3) is 0 Å². The van der Waals surface area contributed by atoms with Gasteiger partial charge >= 0.3 is 0 Å². The molecule has 0 aromatic heterocycles. The molecule has 1 aliphatic carbocycles. The molecule has 0 aromatic carbocycles. The summed E-state index contributed by atoms with van der Waals surface area (Å²) < 4.78 is 22.0. The van der Waals surface area contributed by atoms with Gasteiger partial charge in [0.1, 0.15) is 4.75 Å². The first-order valence-corrected chi connectivity index (χ1v) is 6.28. The molecule has 0 fully saturated rings. The maximum absolute atomic E-state index is 11.5. The van der Waals surface area contributed by atoms with Gasteiger partial charge in [0.05, 0.1) is 0 Å². The Hall–Kier alpha value is -0.610. The Balaban J connectivity index is 3.19. The second-order valence-corrected chi connectivity index (χ2v) is 5.87. The summed E-state index contributed by atoms with van der Waals surface area (Å²) in [6, 6.07) is 0. The minimum Gasteiger partial charge on any atom is -0.228 e. The van der Waals surface area contributed by atoms with Gasteiger partial charge in [-0.1, -0.05) is 37.6 Å². The van der Waals surface area contributed by atoms with Gasteiger partial charge in [0, 0.05) is 5.92 Å². The topological polar surface area (TPSA) is 60.2 Å². The average Bonchev–Trinajstić information content (AvgIpc) is 2.08. The lowest BCUT2D eigenvalue weighted by atomic mass is 9.83. The third kappa shape index (κ3) is 1.64. The van der Waals surface area contributed by atoms with Crippen molar-refractivity contribution in [2.45, 2.75) is 31.9 Å². The highest BCUT2D eigenvalue weighted by Gasteiger charge is 2.41. The Morgan fingerprint density at radius 1 is 1.57 bits per heavy atom. The van der Waals surface area contributed by atoms with Crippen LogP contribution in [0.3, 0.4) is 0 Å². The standard InChI is InChI=1S/C10H17NO2S/c1-4-9-6-5-7-10(3,8(9)2)14(11,12)13/h5-8H,4H2,1-3H3,(H2,11,12,13). The number of hydrogen-bond acceptors (Lipinski definition) is 2. The molecule has 0 aliphatic heterocycles. The molecule has 0 aromatic rings. The van der Waals surface area contributed by atoms with Crippen LogP contribution in [0.4, 0.5) is 0 Å². The van der Waals surface area contributed by atoms with E-state index in [0.717, 1.165) is 12.0 Å². The zero-order valence-corrected chi connectivity index (χ0v) is 9.64. The van der Waals surface area contributed by atoms with Gasteiger partial charge < -0.3 is 0 Å². The summed E-state index contributed by atoms with van der Waals surface area (Å²) >= 11 is 0. The lowest BCUT2D eigenvalue weighted by Crippen LogP contribution is -2.45. The molecule has 0 saturated carbocycles. The van der Waals surface area contributed by atoms with Crippen LogP contribution in [0.5, 0.6) is 0 Å². The highest BCUT2D eigenvalue weighted by atomic mass is 32.2. The molecule has 14 heavy (non-hydrogen) atoms. The molecule has 0 spiro atoms. The third-order valence-electron chi connectivity index (χ3n) is 3.17. The molecular formula is C10H17NO2S. The summed E-state index contributed by atoms with van der Waals surface area (Å²) in [6.07, 6.45) is 6.28. The molecule has 3 nitrogen and oxygen atoms in total. The highest BCUT2D eigenvalue weighted by Crippen LogP contribution is 2.35. The van der Waals surface area contributed by atoms with Crippen molar-refractivity contribution in [3.63, 3.8) is 0 Å². The molecule has 2 unspecified atom stereocenters. The number of sulfonamides is 1. The van der Waals surface area contributed by atoms with Gasteiger partial charge in [0.15, 0.2) is 0 Å². The van der Waals surface area contributed by atoms with E-state index in [0.29, 0.717) is 0 Å². The van der Waals surface area contributed by atoms with E-state index < -0.39 is 14.8 Å². The fourth-order valence-electron chi connectivity index (χ4n) is 1.78. The van der Waals surface area contributed by atoms with Crippen molar-refractivity contribution in [1.29, 1.82) is 0 Å². The Morgan fingerprint density at radius 3 is 2.57 bits per heavy atom. The Morgan fingerprint density at radius 2 is 2.14 bits per heavy atom. The van der Waals surface area contributed by atoms with E-state index >= 15 is 0 Å². The quantitative estimate of drug-likeness (QED) is 0.760. The normalized spacial score (nSPS) is 32.9. The number of hydrogen-bond donors (Lipinski definition) is 1. The van der Waals surface area contributed by atoms with Crippen LogP contribution in [-0.4, -0.2) is 13.2 Å². The SMILES string of the molecule is CCC1=CC=CC(C)(S(N)(=O)=O)C1C. The maximum atomic E-state index is 11.5. The molecule has 0 bridgehead atoms. The Labute approximate surface area is 85.7 Å². The van der Waals surface area contributed by atoms with Crippen molar-refractivity contribution in [3.8, 4) is 0 Å². The monoisotopic (exact) mass is 215 g/mol. The summed E-state index contributed by atoms with van der Waals surface area (Å²) in [5.41, 5.74) is 1.13. The summed E-state index contributed by atoms with van der Waals surface area (Å²) in [7, 11) is -3.55. The van der Waals surface area contributed by atoms with Crippen molar-refractivity contribution in [3.05, 3.63) is 23.8 Å². The minimum atomic E-state index is -3.55. The first-order valence-electron chi connectivity index (χ1n) is 4.73. The third-order valence-corrected chi connectivity index (χ3v) is 4.89. The van der Waals surface area contributed by atoms with Crippen molar-refractivity contribution in [2.75, 3.05) is 0 Å². The number of allylic oxidation sites excluding steroid dienone is 3. The second kappa shape index (κ2) is 3.51. The van der Waals surface area contributed by atoms with E-state index in [1.54, 1.807) is 19.1 Å². The fourth-order valence-corrected chi connectivity index (χ4v) is 2.70. The zero-order chi connectivity index (χ0) is 11.0. The van der Waals surface area contributed by atoms with Crippen LogP contribution in [0, 0.1) is 5.92 Å². The molecule has 80 valence electrons. The largest absolute Gasteiger partial charge is 0.228 e. The van der Waals surface area contributed by atoms with Gasteiger partial charge in [-0.05, 0) is 13.3 Å². The van der Waals surface area contributed by atoms with Crippen LogP contribution in [0.1, 0.15) is 27.2 Å². The fraction of sp³-hybridized carbons (Fsp3) is 0.600. The van der Waals surface area contributed by atoms with Crippen molar-refractivity contribution in [1.82, 2.24) is 0 Å². The van der Waals surface area contributed by atoms with Crippen LogP contribution >= 0.6 is 0 Å². The van der Waals surface area contributed by atoms with E-state index in [-0.39, 0.29) is 5.92 Å². The van der Waals surface area contributed by atoms with Gasteiger partial charge in [-0.15, -0.1) is 0 Å². The summed E-state index contributed by atoms with van der Waals surface area (Å²) in [5, 5.41) is 5.25. The van der Waals surface area contributed by atoms with Gasteiger partial charge in [-0.25, -0.2) is 13.6 Å². The van der Waals surface area contributed by atoms with Crippen LogP contribution in [0.15, 0.2) is 23.8 Å². The predicted octanol–water partition coefficient (Wildman–Crippen LogP) is 1.58. The van der Waals surface area contributed by atoms with Crippen molar-refractivity contribution >= 4 is 10.0 Å². The Kier molecular flexibility index (Phi) is 2.88. The highest BCUT2D eigenvalue weighted by molar-refractivity contribution is 7.90. The molecule has 2 N–H and O–H groups in total. The van der Waals surface area contributed by atoms with E-state index in [1.165, 1.54) is 0 Å². The predicted molar refractivity (Wildman–Crippen MR) is 58.2 cm³/mol. The summed E-state index contributed by atoms with van der Waals surface area (Å²) in [4.78, 5) is 0. The van der Waals surface area contributed by atoms with E-state index in [9.17, 15) is 8.42 Å². The maximum Gasteiger partial charge on any atom is 0.218 e. The first kappa shape index (κ1) is 11.5. The minimum absolute atomic E-state index is 0.0486. The van der Waals surface area contributed by atoms with E-state index in [2.05, 4.69) is 0 Å². The van der Waals surface area contributed by atoms with Crippen LogP contribution in [0.25, 0.3) is 0 Å².